The number of hydrogen-bond donors (Lipinski definition) is 1. The maximum Gasteiger partial charge on any atom is 0.251 e. The highest BCUT2D eigenvalue weighted by atomic mass is 79.9. The number of aryl methyl sites for hydroxylation is 1. The van der Waals surface area contributed by atoms with Gasteiger partial charge in [0.2, 0.25) is 0 Å². The second-order valence-electron chi connectivity index (χ2n) is 4.95. The third kappa shape index (κ3) is 4.96. The molecular weight excluding hydrogens is 306 g/mol. The van der Waals surface area contributed by atoms with E-state index in [1.807, 2.05) is 32.0 Å². The maximum atomic E-state index is 12.2. The fourth-order valence-electron chi connectivity index (χ4n) is 1.63. The summed E-state index contributed by atoms with van der Waals surface area (Å²) in [4.78, 5) is 12.2. The van der Waals surface area contributed by atoms with E-state index in [4.69, 9.17) is 4.74 Å². The van der Waals surface area contributed by atoms with Crippen LogP contribution in [0, 0.1) is 12.8 Å². The van der Waals surface area contributed by atoms with Crippen LogP contribution in [0.5, 0.6) is 0 Å². The Kier molecular flexibility index (Phi) is 6.52. The van der Waals surface area contributed by atoms with Crippen molar-refractivity contribution in [3.63, 3.8) is 0 Å². The summed E-state index contributed by atoms with van der Waals surface area (Å²) in [6.45, 7) is 9.32. The Bertz CT molecular complexity index is 432. The van der Waals surface area contributed by atoms with Gasteiger partial charge in [0.05, 0.1) is 12.6 Å². The number of benzene rings is 1. The van der Waals surface area contributed by atoms with Crippen LogP contribution in [-0.2, 0) is 4.74 Å². The van der Waals surface area contributed by atoms with Crippen LogP contribution in [0.25, 0.3) is 0 Å². The molecule has 0 aromatic heterocycles. The molecule has 1 rings (SSSR count). The highest BCUT2D eigenvalue weighted by Crippen LogP contribution is 2.17. The molecule has 3 nitrogen and oxygen atoms in total. The van der Waals surface area contributed by atoms with Crippen molar-refractivity contribution in [2.45, 2.75) is 33.7 Å². The average molecular weight is 328 g/mol. The molecule has 1 N–H and O–H groups in total. The van der Waals surface area contributed by atoms with Crippen LogP contribution in [-0.4, -0.2) is 25.2 Å². The minimum Gasteiger partial charge on any atom is -0.380 e. The van der Waals surface area contributed by atoms with Crippen molar-refractivity contribution in [2.24, 2.45) is 5.92 Å². The Morgan fingerprint density at radius 1 is 1.42 bits per heavy atom. The van der Waals surface area contributed by atoms with Gasteiger partial charge in [-0.15, -0.1) is 0 Å². The van der Waals surface area contributed by atoms with Crippen LogP contribution in [0.3, 0.4) is 0 Å². The van der Waals surface area contributed by atoms with Gasteiger partial charge < -0.3 is 10.1 Å². The molecule has 1 aromatic rings. The molecule has 0 radical (unpaired) electrons. The van der Waals surface area contributed by atoms with Crippen molar-refractivity contribution < 1.29 is 9.53 Å². The molecule has 0 bridgehead atoms. The first-order chi connectivity index (χ1) is 8.95. The Balaban J connectivity index is 2.73. The summed E-state index contributed by atoms with van der Waals surface area (Å²) >= 11 is 3.45. The van der Waals surface area contributed by atoms with Gasteiger partial charge in [0.25, 0.3) is 5.91 Å². The molecule has 19 heavy (non-hydrogen) atoms. The molecule has 1 unspecified atom stereocenters. The summed E-state index contributed by atoms with van der Waals surface area (Å²) in [7, 11) is 0. The van der Waals surface area contributed by atoms with Crippen molar-refractivity contribution in [3.05, 3.63) is 33.8 Å². The SMILES string of the molecule is CCOCC(NC(=O)c1ccc(C)c(Br)c1)C(C)C. The first-order valence-electron chi connectivity index (χ1n) is 6.60. The van der Waals surface area contributed by atoms with Crippen LogP contribution in [0.4, 0.5) is 0 Å². The second-order valence-corrected chi connectivity index (χ2v) is 5.80. The van der Waals surface area contributed by atoms with Gasteiger partial charge in [-0.05, 0) is 37.5 Å². The molecule has 0 saturated carbocycles. The Labute approximate surface area is 123 Å². The van der Waals surface area contributed by atoms with E-state index < -0.39 is 0 Å². The zero-order valence-electron chi connectivity index (χ0n) is 12.0. The largest absolute Gasteiger partial charge is 0.380 e. The molecule has 0 aliphatic heterocycles. The number of carbonyl (C=O) groups excluding carboxylic acids is 1. The van der Waals surface area contributed by atoms with Gasteiger partial charge >= 0.3 is 0 Å². The molecule has 0 aliphatic rings. The normalized spacial score (nSPS) is 12.5. The number of nitrogens with one attached hydrogen (secondary N) is 1. The highest BCUT2D eigenvalue weighted by Gasteiger charge is 2.17. The molecule has 0 fully saturated rings. The highest BCUT2D eigenvalue weighted by molar-refractivity contribution is 9.10. The lowest BCUT2D eigenvalue weighted by Crippen LogP contribution is -2.41. The van der Waals surface area contributed by atoms with Crippen LogP contribution >= 0.6 is 15.9 Å². The summed E-state index contributed by atoms with van der Waals surface area (Å²) < 4.78 is 6.36. The van der Waals surface area contributed by atoms with Gasteiger partial charge in [0.1, 0.15) is 0 Å². The standard InChI is InChI=1S/C15H22BrNO2/c1-5-19-9-14(10(2)3)17-15(18)12-7-6-11(4)13(16)8-12/h6-8,10,14H,5,9H2,1-4H3,(H,17,18). The molecule has 0 heterocycles. The van der Waals surface area contributed by atoms with Gasteiger partial charge in [0, 0.05) is 16.6 Å². The van der Waals surface area contributed by atoms with Crippen molar-refractivity contribution in [3.8, 4) is 0 Å². The number of ether oxygens (including phenoxy) is 1. The Hall–Kier alpha value is -0.870. The van der Waals surface area contributed by atoms with E-state index in [-0.39, 0.29) is 11.9 Å². The number of halogens is 1. The minimum atomic E-state index is -0.0564. The van der Waals surface area contributed by atoms with Crippen molar-refractivity contribution in [1.29, 1.82) is 0 Å². The summed E-state index contributed by atoms with van der Waals surface area (Å²) in [6.07, 6.45) is 0. The van der Waals surface area contributed by atoms with Crippen LogP contribution < -0.4 is 5.32 Å². The average Bonchev–Trinajstić information content (AvgIpc) is 2.37. The zero-order chi connectivity index (χ0) is 14.4. The first kappa shape index (κ1) is 16.2. The number of hydrogen-bond acceptors (Lipinski definition) is 2. The van der Waals surface area contributed by atoms with Crippen LogP contribution in [0.1, 0.15) is 36.7 Å². The fourth-order valence-corrected chi connectivity index (χ4v) is 2.01. The summed E-state index contributed by atoms with van der Waals surface area (Å²) in [5.74, 6) is 0.281. The molecule has 0 aliphatic carbocycles. The molecule has 4 heteroatoms. The van der Waals surface area contributed by atoms with Crippen molar-refractivity contribution in [1.82, 2.24) is 5.32 Å². The summed E-state index contributed by atoms with van der Waals surface area (Å²) in [6, 6.07) is 5.66. The molecule has 106 valence electrons. The lowest BCUT2D eigenvalue weighted by atomic mass is 10.0. The van der Waals surface area contributed by atoms with E-state index in [0.29, 0.717) is 24.7 Å². The quantitative estimate of drug-likeness (QED) is 0.867. The molecule has 1 atom stereocenters. The molecule has 1 aromatic carbocycles. The minimum absolute atomic E-state index is 0.0347. The van der Waals surface area contributed by atoms with Gasteiger partial charge in [-0.25, -0.2) is 0 Å². The molecule has 1 amide bonds. The van der Waals surface area contributed by atoms with E-state index >= 15 is 0 Å². The predicted octanol–water partition coefficient (Wildman–Crippen LogP) is 3.55. The summed E-state index contributed by atoms with van der Waals surface area (Å²) in [5.41, 5.74) is 1.78. The van der Waals surface area contributed by atoms with Gasteiger partial charge in [0.15, 0.2) is 0 Å². The number of carbonyl (C=O) groups is 1. The van der Waals surface area contributed by atoms with Gasteiger partial charge in [-0.3, -0.25) is 4.79 Å². The molecule has 0 saturated heterocycles. The lowest BCUT2D eigenvalue weighted by molar-refractivity contribution is 0.0806. The topological polar surface area (TPSA) is 38.3 Å². The molecular formula is C15H22BrNO2. The van der Waals surface area contributed by atoms with E-state index in [0.717, 1.165) is 10.0 Å². The number of rotatable bonds is 6. The van der Waals surface area contributed by atoms with E-state index in [1.54, 1.807) is 0 Å². The van der Waals surface area contributed by atoms with Crippen molar-refractivity contribution in [2.75, 3.05) is 13.2 Å². The van der Waals surface area contributed by atoms with Gasteiger partial charge in [-0.2, -0.15) is 0 Å². The summed E-state index contributed by atoms with van der Waals surface area (Å²) in [5, 5.41) is 3.03. The fraction of sp³-hybridized carbons (Fsp3) is 0.533. The predicted molar refractivity (Wildman–Crippen MR) is 81.5 cm³/mol. The first-order valence-corrected chi connectivity index (χ1v) is 7.39. The lowest BCUT2D eigenvalue weighted by Gasteiger charge is -2.22. The number of amides is 1. The third-order valence-electron chi connectivity index (χ3n) is 3.06. The van der Waals surface area contributed by atoms with E-state index in [9.17, 15) is 4.79 Å². The van der Waals surface area contributed by atoms with Gasteiger partial charge in [-0.1, -0.05) is 35.8 Å². The Morgan fingerprint density at radius 3 is 2.63 bits per heavy atom. The third-order valence-corrected chi connectivity index (χ3v) is 3.91. The molecule has 0 spiro atoms. The maximum absolute atomic E-state index is 12.2. The smallest absolute Gasteiger partial charge is 0.251 e. The van der Waals surface area contributed by atoms with E-state index in [2.05, 4.69) is 35.1 Å². The zero-order valence-corrected chi connectivity index (χ0v) is 13.6. The van der Waals surface area contributed by atoms with Crippen LogP contribution in [0.15, 0.2) is 22.7 Å². The van der Waals surface area contributed by atoms with Crippen molar-refractivity contribution >= 4 is 21.8 Å². The van der Waals surface area contributed by atoms with Crippen LogP contribution in [0.2, 0.25) is 0 Å². The Morgan fingerprint density at radius 2 is 2.11 bits per heavy atom. The second kappa shape index (κ2) is 7.65. The monoisotopic (exact) mass is 327 g/mol. The van der Waals surface area contributed by atoms with E-state index in [1.165, 1.54) is 0 Å².